The van der Waals surface area contributed by atoms with Crippen LogP contribution in [0.1, 0.15) is 33.6 Å². The minimum absolute atomic E-state index is 0.476. The number of alkyl halides is 1. The maximum Gasteiger partial charge on any atom is 0.531 e. The second-order valence-corrected chi connectivity index (χ2v) is 6.37. The molecular weight excluding hydrogens is 248 g/mol. The number of hydrogen-bond donors (Lipinski definition) is 1. The minimum Gasteiger partial charge on any atom is -0.389 e. The first-order valence-corrected chi connectivity index (χ1v) is 8.16. The molecule has 4 nitrogen and oxygen atoms in total. The summed E-state index contributed by atoms with van der Waals surface area (Å²) in [6, 6.07) is 0. The molecule has 0 saturated heterocycles. The maximum atomic E-state index is 10.1. The molecule has 1 N–H and O–H groups in total. The number of aliphatic hydroxyl groups excluding tert-OH is 1. The number of halogens is 1. The van der Waals surface area contributed by atoms with E-state index in [2.05, 4.69) is 0 Å². The van der Waals surface area contributed by atoms with E-state index in [1.54, 1.807) is 0 Å². The highest BCUT2D eigenvalue weighted by Gasteiger charge is 2.48. The number of rotatable bonds is 10. The molecule has 0 spiro atoms. The molecule has 0 rings (SSSR count). The van der Waals surface area contributed by atoms with Gasteiger partial charge < -0.3 is 18.4 Å². The van der Waals surface area contributed by atoms with Gasteiger partial charge in [-0.3, -0.25) is 0 Å². The molecule has 0 aliphatic carbocycles. The number of hydrogen-bond acceptors (Lipinski definition) is 4. The van der Waals surface area contributed by atoms with Crippen LogP contribution in [0.2, 0.25) is 0 Å². The SMILES string of the molecule is CCO[Si](OCC)(OCC)C(O)CCCCl. The van der Waals surface area contributed by atoms with Gasteiger partial charge in [0, 0.05) is 25.7 Å². The first-order valence-electron chi connectivity index (χ1n) is 5.82. The van der Waals surface area contributed by atoms with E-state index in [0.29, 0.717) is 32.1 Å². The number of aliphatic hydroxyl groups is 1. The molecule has 0 fully saturated rings. The molecule has 0 saturated carbocycles. The molecule has 98 valence electrons. The Morgan fingerprint density at radius 2 is 1.50 bits per heavy atom. The molecule has 0 radical (unpaired) electrons. The van der Waals surface area contributed by atoms with Crippen LogP contribution in [0.15, 0.2) is 0 Å². The van der Waals surface area contributed by atoms with Gasteiger partial charge in [-0.25, -0.2) is 0 Å². The molecule has 6 heteroatoms. The molecular formula is C10H23ClO4Si. The average molecular weight is 271 g/mol. The molecule has 0 heterocycles. The van der Waals surface area contributed by atoms with Gasteiger partial charge >= 0.3 is 8.80 Å². The zero-order valence-electron chi connectivity index (χ0n) is 10.4. The van der Waals surface area contributed by atoms with Crippen LogP contribution in [0.4, 0.5) is 0 Å². The van der Waals surface area contributed by atoms with E-state index in [1.807, 2.05) is 20.8 Å². The fraction of sp³-hybridized carbons (Fsp3) is 1.00. The van der Waals surface area contributed by atoms with Crippen molar-refractivity contribution in [3.8, 4) is 0 Å². The lowest BCUT2D eigenvalue weighted by molar-refractivity contribution is 0.0197. The zero-order chi connectivity index (χ0) is 12.4. The van der Waals surface area contributed by atoms with Crippen molar-refractivity contribution in [3.63, 3.8) is 0 Å². The summed E-state index contributed by atoms with van der Waals surface area (Å²) in [5.41, 5.74) is -0.689. The van der Waals surface area contributed by atoms with Crippen LogP contribution >= 0.6 is 11.6 Å². The highest BCUT2D eigenvalue weighted by Crippen LogP contribution is 2.19. The molecule has 0 aliphatic rings. The first kappa shape index (κ1) is 16.3. The molecule has 1 atom stereocenters. The van der Waals surface area contributed by atoms with Crippen molar-refractivity contribution in [2.45, 2.75) is 39.3 Å². The normalized spacial score (nSPS) is 14.1. The van der Waals surface area contributed by atoms with E-state index in [1.165, 1.54) is 0 Å². The van der Waals surface area contributed by atoms with Crippen LogP contribution in [-0.4, -0.2) is 45.3 Å². The molecule has 0 aromatic carbocycles. The lowest BCUT2D eigenvalue weighted by Crippen LogP contribution is -2.56. The third-order valence-corrected chi connectivity index (χ3v) is 5.50. The monoisotopic (exact) mass is 270 g/mol. The van der Waals surface area contributed by atoms with Crippen LogP contribution in [0.3, 0.4) is 0 Å². The van der Waals surface area contributed by atoms with E-state index >= 15 is 0 Å². The standard InChI is InChI=1S/C10H23ClO4Si/c1-4-13-16(14-5-2,15-6-3)10(12)8-7-9-11/h10,12H,4-9H2,1-3H3. The van der Waals surface area contributed by atoms with Crippen molar-refractivity contribution in [2.24, 2.45) is 0 Å². The van der Waals surface area contributed by atoms with Crippen molar-refractivity contribution >= 4 is 20.4 Å². The molecule has 16 heavy (non-hydrogen) atoms. The summed E-state index contributed by atoms with van der Waals surface area (Å²) in [7, 11) is -2.94. The van der Waals surface area contributed by atoms with Gasteiger partial charge in [-0.1, -0.05) is 0 Å². The second-order valence-electron chi connectivity index (χ2n) is 3.25. The van der Waals surface area contributed by atoms with Crippen LogP contribution in [-0.2, 0) is 13.3 Å². The van der Waals surface area contributed by atoms with Gasteiger partial charge in [0.25, 0.3) is 0 Å². The smallest absolute Gasteiger partial charge is 0.389 e. The molecule has 1 unspecified atom stereocenters. The lowest BCUT2D eigenvalue weighted by atomic mass is 10.4. The molecule has 0 aromatic heterocycles. The topological polar surface area (TPSA) is 47.9 Å². The van der Waals surface area contributed by atoms with Crippen molar-refractivity contribution < 1.29 is 18.4 Å². The van der Waals surface area contributed by atoms with E-state index in [-0.39, 0.29) is 0 Å². The van der Waals surface area contributed by atoms with Crippen LogP contribution in [0.25, 0.3) is 0 Å². The Morgan fingerprint density at radius 1 is 1.06 bits per heavy atom. The molecule has 0 bridgehead atoms. The Balaban J connectivity index is 4.54. The van der Waals surface area contributed by atoms with E-state index < -0.39 is 14.5 Å². The highest BCUT2D eigenvalue weighted by molar-refractivity contribution is 6.62. The lowest BCUT2D eigenvalue weighted by Gasteiger charge is -2.32. The molecule has 0 aliphatic heterocycles. The maximum absolute atomic E-state index is 10.1. The molecule has 0 aromatic rings. The van der Waals surface area contributed by atoms with Crippen LogP contribution < -0.4 is 0 Å². The van der Waals surface area contributed by atoms with Gasteiger partial charge in [0.15, 0.2) is 0 Å². The van der Waals surface area contributed by atoms with Crippen molar-refractivity contribution in [1.82, 2.24) is 0 Å². The van der Waals surface area contributed by atoms with Crippen LogP contribution in [0, 0.1) is 0 Å². The Hall–Kier alpha value is 0.347. The Labute approximate surface area is 104 Å². The van der Waals surface area contributed by atoms with Crippen LogP contribution in [0.5, 0.6) is 0 Å². The fourth-order valence-corrected chi connectivity index (χ4v) is 4.21. The third-order valence-electron chi connectivity index (χ3n) is 2.06. The third kappa shape index (κ3) is 5.12. The quantitative estimate of drug-likeness (QED) is 0.487. The van der Waals surface area contributed by atoms with E-state index in [0.717, 1.165) is 6.42 Å². The van der Waals surface area contributed by atoms with E-state index in [9.17, 15) is 5.11 Å². The summed E-state index contributed by atoms with van der Waals surface area (Å²) in [5, 5.41) is 10.1. The predicted octanol–water partition coefficient (Wildman–Crippen LogP) is 1.95. The summed E-state index contributed by atoms with van der Waals surface area (Å²) >= 11 is 5.61. The van der Waals surface area contributed by atoms with Gasteiger partial charge in [0.2, 0.25) is 0 Å². The summed E-state index contributed by atoms with van der Waals surface area (Å²) in [6.07, 6.45) is 1.28. The average Bonchev–Trinajstić information content (AvgIpc) is 2.26. The van der Waals surface area contributed by atoms with Gasteiger partial charge in [0.05, 0.1) is 0 Å². The Kier molecular flexibility index (Phi) is 9.59. The Morgan fingerprint density at radius 3 is 1.81 bits per heavy atom. The Bertz CT molecular complexity index is 154. The summed E-state index contributed by atoms with van der Waals surface area (Å²) in [6.45, 7) is 7.04. The summed E-state index contributed by atoms with van der Waals surface area (Å²) in [4.78, 5) is 0. The van der Waals surface area contributed by atoms with Gasteiger partial charge in [-0.05, 0) is 33.6 Å². The predicted molar refractivity (Wildman–Crippen MR) is 66.6 cm³/mol. The fourth-order valence-electron chi connectivity index (χ4n) is 1.46. The van der Waals surface area contributed by atoms with Gasteiger partial charge in [-0.15, -0.1) is 11.6 Å². The van der Waals surface area contributed by atoms with E-state index in [4.69, 9.17) is 24.9 Å². The highest BCUT2D eigenvalue weighted by atomic mass is 35.5. The summed E-state index contributed by atoms with van der Waals surface area (Å²) < 4.78 is 16.7. The van der Waals surface area contributed by atoms with Gasteiger partial charge in [-0.2, -0.15) is 0 Å². The minimum atomic E-state index is -2.94. The largest absolute Gasteiger partial charge is 0.531 e. The first-order chi connectivity index (χ1) is 7.66. The van der Waals surface area contributed by atoms with Gasteiger partial charge in [0.1, 0.15) is 5.73 Å². The van der Waals surface area contributed by atoms with Crippen molar-refractivity contribution in [1.29, 1.82) is 0 Å². The van der Waals surface area contributed by atoms with Crippen molar-refractivity contribution in [3.05, 3.63) is 0 Å². The second kappa shape index (κ2) is 9.38. The van der Waals surface area contributed by atoms with Crippen molar-refractivity contribution in [2.75, 3.05) is 25.7 Å². The molecule has 0 amide bonds. The summed E-state index contributed by atoms with van der Waals surface area (Å²) in [5.74, 6) is 0.520. The zero-order valence-corrected chi connectivity index (χ0v) is 12.1.